The number of aromatic nitrogens is 2. The Kier molecular flexibility index (Phi) is 5.81. The third-order valence-electron chi connectivity index (χ3n) is 3.72. The van der Waals surface area contributed by atoms with Gasteiger partial charge in [-0.1, -0.05) is 0 Å². The van der Waals surface area contributed by atoms with Crippen LogP contribution in [0.4, 0.5) is 9.39 Å². The predicted molar refractivity (Wildman–Crippen MR) is 102 cm³/mol. The molecule has 1 N–H and O–H groups in total. The molecule has 3 aromatic rings. The Labute approximate surface area is 162 Å². The summed E-state index contributed by atoms with van der Waals surface area (Å²) in [5.74, 6) is -1.64. The average Bonchev–Trinajstić information content (AvgIpc) is 3.07. The first-order valence-corrected chi connectivity index (χ1v) is 9.10. The largest absolute Gasteiger partial charge is 0.461 e. The number of anilines is 1. The van der Waals surface area contributed by atoms with Crippen LogP contribution in [0.1, 0.15) is 17.4 Å². The van der Waals surface area contributed by atoms with E-state index < -0.39 is 23.3 Å². The van der Waals surface area contributed by atoms with Crippen LogP contribution >= 0.6 is 11.3 Å². The standard InChI is InChI=1S/C18H16FN3O5S/c1-3-27-18(25)15-12-9-28-16(20-13(23)8-26-2)14(12)17(24)22(21-15)11-6-4-10(19)5-7-11/h4-7,9H,3,8H2,1-2H3,(H,20,23). The molecular formula is C18H16FN3O5S. The molecule has 0 unspecified atom stereocenters. The molecule has 1 aromatic carbocycles. The second-order valence-electron chi connectivity index (χ2n) is 5.60. The Balaban J connectivity index is 2.24. The number of nitrogens with one attached hydrogen (secondary N) is 1. The highest BCUT2D eigenvalue weighted by atomic mass is 32.1. The molecule has 0 aliphatic carbocycles. The Morgan fingerprint density at radius 1 is 1.29 bits per heavy atom. The fourth-order valence-electron chi connectivity index (χ4n) is 2.54. The fraction of sp³-hybridized carbons (Fsp3) is 0.222. The molecule has 0 bridgehead atoms. The molecule has 8 nitrogen and oxygen atoms in total. The molecule has 0 spiro atoms. The Hall–Kier alpha value is -3.11. The van der Waals surface area contributed by atoms with Crippen LogP contribution in [0.25, 0.3) is 16.5 Å². The second-order valence-corrected chi connectivity index (χ2v) is 6.48. The van der Waals surface area contributed by atoms with Crippen molar-refractivity contribution < 1.29 is 23.5 Å². The normalized spacial score (nSPS) is 10.8. The minimum Gasteiger partial charge on any atom is -0.461 e. The first-order chi connectivity index (χ1) is 13.5. The number of hydrogen-bond acceptors (Lipinski definition) is 7. The predicted octanol–water partition coefficient (Wildman–Crippen LogP) is 2.35. The number of ether oxygens (including phenoxy) is 2. The van der Waals surface area contributed by atoms with Crippen molar-refractivity contribution in [2.75, 3.05) is 25.6 Å². The molecule has 0 radical (unpaired) electrons. The van der Waals surface area contributed by atoms with Gasteiger partial charge in [0.05, 0.1) is 17.7 Å². The molecule has 0 fully saturated rings. The van der Waals surface area contributed by atoms with Gasteiger partial charge in [0, 0.05) is 17.9 Å². The number of carbonyl (C=O) groups is 2. The smallest absolute Gasteiger partial charge is 0.359 e. The number of fused-ring (bicyclic) bond motifs is 1. The molecule has 28 heavy (non-hydrogen) atoms. The number of halogens is 1. The fourth-order valence-corrected chi connectivity index (χ4v) is 3.50. The first-order valence-electron chi connectivity index (χ1n) is 8.22. The monoisotopic (exact) mass is 405 g/mol. The van der Waals surface area contributed by atoms with Crippen LogP contribution in [0.15, 0.2) is 34.4 Å². The highest BCUT2D eigenvalue weighted by molar-refractivity contribution is 7.16. The Bertz CT molecular complexity index is 1090. The van der Waals surface area contributed by atoms with Crippen molar-refractivity contribution in [2.45, 2.75) is 6.92 Å². The molecule has 0 saturated carbocycles. The molecule has 2 aromatic heterocycles. The van der Waals surface area contributed by atoms with Crippen molar-refractivity contribution in [2.24, 2.45) is 0 Å². The number of nitrogens with zero attached hydrogens (tertiary/aromatic N) is 2. The molecule has 0 aliphatic heterocycles. The van der Waals surface area contributed by atoms with Crippen molar-refractivity contribution in [3.8, 4) is 5.69 Å². The third-order valence-corrected chi connectivity index (χ3v) is 4.62. The maximum absolute atomic E-state index is 13.3. The van der Waals surface area contributed by atoms with Gasteiger partial charge < -0.3 is 14.8 Å². The van der Waals surface area contributed by atoms with E-state index in [2.05, 4.69) is 10.4 Å². The lowest BCUT2D eigenvalue weighted by atomic mass is 10.2. The van der Waals surface area contributed by atoms with Crippen molar-refractivity contribution in [1.82, 2.24) is 9.78 Å². The number of rotatable bonds is 6. The van der Waals surface area contributed by atoms with Gasteiger partial charge in [0.2, 0.25) is 0 Å². The maximum atomic E-state index is 13.3. The molecular weight excluding hydrogens is 389 g/mol. The summed E-state index contributed by atoms with van der Waals surface area (Å²) in [5, 5.41) is 8.89. The van der Waals surface area contributed by atoms with E-state index in [1.807, 2.05) is 0 Å². The van der Waals surface area contributed by atoms with Crippen molar-refractivity contribution in [3.63, 3.8) is 0 Å². The zero-order valence-electron chi connectivity index (χ0n) is 15.0. The number of methoxy groups -OCH3 is 1. The first kappa shape index (κ1) is 19.6. The second kappa shape index (κ2) is 8.28. The van der Waals surface area contributed by atoms with Crippen LogP contribution in [-0.2, 0) is 14.3 Å². The van der Waals surface area contributed by atoms with Gasteiger partial charge in [-0.25, -0.2) is 9.18 Å². The van der Waals surface area contributed by atoms with Gasteiger partial charge in [0.1, 0.15) is 17.4 Å². The topological polar surface area (TPSA) is 99.5 Å². The molecule has 1 amide bonds. The Morgan fingerprint density at radius 3 is 2.64 bits per heavy atom. The number of benzene rings is 1. The van der Waals surface area contributed by atoms with Crippen LogP contribution in [0.5, 0.6) is 0 Å². The van der Waals surface area contributed by atoms with Crippen molar-refractivity contribution >= 4 is 39.0 Å². The van der Waals surface area contributed by atoms with Gasteiger partial charge >= 0.3 is 5.97 Å². The van der Waals surface area contributed by atoms with Crippen LogP contribution < -0.4 is 10.9 Å². The molecule has 2 heterocycles. The number of hydrogen-bond donors (Lipinski definition) is 1. The minimum atomic E-state index is -0.712. The average molecular weight is 405 g/mol. The van der Waals surface area contributed by atoms with E-state index in [0.29, 0.717) is 0 Å². The summed E-state index contributed by atoms with van der Waals surface area (Å²) in [7, 11) is 1.37. The summed E-state index contributed by atoms with van der Waals surface area (Å²) in [6.45, 7) is 1.58. The SMILES string of the molecule is CCOC(=O)c1nn(-c2ccc(F)cc2)c(=O)c2c(NC(=O)COC)scc12. The lowest BCUT2D eigenvalue weighted by molar-refractivity contribution is -0.119. The summed E-state index contributed by atoms with van der Waals surface area (Å²) in [5.41, 5.74) is -0.382. The van der Waals surface area contributed by atoms with Gasteiger partial charge in [-0.15, -0.1) is 11.3 Å². The zero-order valence-corrected chi connectivity index (χ0v) is 15.8. The molecule has 146 valence electrons. The lowest BCUT2D eigenvalue weighted by Gasteiger charge is -2.10. The van der Waals surface area contributed by atoms with E-state index in [0.717, 1.165) is 16.0 Å². The van der Waals surface area contributed by atoms with Crippen molar-refractivity contribution in [1.29, 1.82) is 0 Å². The van der Waals surface area contributed by atoms with E-state index in [1.54, 1.807) is 12.3 Å². The Morgan fingerprint density at radius 2 is 2.00 bits per heavy atom. The number of thiophene rings is 1. The molecule has 3 rings (SSSR count). The number of carbonyl (C=O) groups excluding carboxylic acids is 2. The van der Waals surface area contributed by atoms with E-state index in [9.17, 15) is 18.8 Å². The van der Waals surface area contributed by atoms with Gasteiger partial charge in [-0.2, -0.15) is 9.78 Å². The zero-order chi connectivity index (χ0) is 20.3. The van der Waals surface area contributed by atoms with Gasteiger partial charge in [-0.05, 0) is 31.2 Å². The molecule has 0 aliphatic rings. The van der Waals surface area contributed by atoms with E-state index in [4.69, 9.17) is 9.47 Å². The molecule has 0 saturated heterocycles. The molecule has 0 atom stereocenters. The van der Waals surface area contributed by atoms with Crippen LogP contribution in [0.3, 0.4) is 0 Å². The minimum absolute atomic E-state index is 0.0794. The number of esters is 1. The summed E-state index contributed by atoms with van der Waals surface area (Å²) in [6, 6.07) is 5.07. The quantitative estimate of drug-likeness (QED) is 0.632. The van der Waals surface area contributed by atoms with E-state index >= 15 is 0 Å². The van der Waals surface area contributed by atoms with Crippen LogP contribution in [0, 0.1) is 5.82 Å². The summed E-state index contributed by atoms with van der Waals surface area (Å²) in [4.78, 5) is 37.3. The van der Waals surface area contributed by atoms with Crippen molar-refractivity contribution in [3.05, 3.63) is 51.5 Å². The highest BCUT2D eigenvalue weighted by Gasteiger charge is 2.23. The van der Waals surface area contributed by atoms with Crippen LogP contribution in [-0.4, -0.2) is 42.0 Å². The third kappa shape index (κ3) is 3.78. The molecule has 10 heteroatoms. The summed E-state index contributed by atoms with van der Waals surface area (Å²) >= 11 is 1.08. The van der Waals surface area contributed by atoms with E-state index in [1.165, 1.54) is 31.4 Å². The highest BCUT2D eigenvalue weighted by Crippen LogP contribution is 2.30. The maximum Gasteiger partial charge on any atom is 0.359 e. The number of amides is 1. The van der Waals surface area contributed by atoms with E-state index in [-0.39, 0.29) is 40.4 Å². The summed E-state index contributed by atoms with van der Waals surface area (Å²) < 4.78 is 24.0. The lowest BCUT2D eigenvalue weighted by Crippen LogP contribution is -2.26. The van der Waals surface area contributed by atoms with Gasteiger partial charge in [-0.3, -0.25) is 9.59 Å². The van der Waals surface area contributed by atoms with Crippen LogP contribution in [0.2, 0.25) is 0 Å². The van der Waals surface area contributed by atoms with Gasteiger partial charge in [0.25, 0.3) is 11.5 Å². The summed E-state index contributed by atoms with van der Waals surface area (Å²) in [6.07, 6.45) is 0. The van der Waals surface area contributed by atoms with Gasteiger partial charge in [0.15, 0.2) is 5.69 Å².